The predicted molar refractivity (Wildman–Crippen MR) is 115 cm³/mol. The zero-order chi connectivity index (χ0) is 19.9. The number of hydrogen-bond donors (Lipinski definition) is 1. The van der Waals surface area contributed by atoms with Crippen LogP contribution < -0.4 is 10.2 Å². The van der Waals surface area contributed by atoms with Gasteiger partial charge in [-0.15, -0.1) is 11.3 Å². The summed E-state index contributed by atoms with van der Waals surface area (Å²) in [6, 6.07) is 17.1. The van der Waals surface area contributed by atoms with Gasteiger partial charge in [-0.05, 0) is 42.3 Å². The van der Waals surface area contributed by atoms with Gasteiger partial charge in [0.2, 0.25) is 11.8 Å². The number of amides is 2. The molecule has 0 saturated heterocycles. The van der Waals surface area contributed by atoms with E-state index in [0.717, 1.165) is 17.8 Å². The Morgan fingerprint density at radius 2 is 1.82 bits per heavy atom. The minimum Gasteiger partial charge on any atom is -0.323 e. The Hall–Kier alpha value is -3.25. The smallest absolute Gasteiger partial charge is 0.248 e. The van der Waals surface area contributed by atoms with Gasteiger partial charge < -0.3 is 5.32 Å². The first-order chi connectivity index (χ1) is 13.6. The number of rotatable bonds is 6. The molecule has 0 saturated carbocycles. The van der Waals surface area contributed by atoms with Crippen molar-refractivity contribution < 1.29 is 9.59 Å². The molecule has 3 rings (SSSR count). The lowest BCUT2D eigenvalue weighted by Crippen LogP contribution is -2.22. The number of carbonyl (C=O) groups excluding carboxylic acids is 2. The molecule has 0 radical (unpaired) electrons. The van der Waals surface area contributed by atoms with Crippen molar-refractivity contribution in [3.63, 3.8) is 0 Å². The highest BCUT2D eigenvalue weighted by Crippen LogP contribution is 2.29. The molecule has 6 heteroatoms. The number of para-hydroxylation sites is 1. The van der Waals surface area contributed by atoms with Crippen molar-refractivity contribution >= 4 is 45.7 Å². The molecule has 28 heavy (non-hydrogen) atoms. The van der Waals surface area contributed by atoms with Crippen LogP contribution in [0.2, 0.25) is 0 Å². The SMILES string of the molecule is CCc1ccc(NC(=O)/C=C/c2csc(N(C(C)=O)c3ccccc3)n2)cc1. The van der Waals surface area contributed by atoms with Crippen molar-refractivity contribution in [3.8, 4) is 0 Å². The third-order valence-corrected chi connectivity index (χ3v) is 4.91. The number of nitrogens with zero attached hydrogens (tertiary/aromatic N) is 2. The van der Waals surface area contributed by atoms with Crippen molar-refractivity contribution in [3.05, 3.63) is 77.3 Å². The first kappa shape index (κ1) is 19.5. The van der Waals surface area contributed by atoms with Crippen molar-refractivity contribution in [2.75, 3.05) is 10.2 Å². The minimum absolute atomic E-state index is 0.121. The molecule has 0 unspecified atom stereocenters. The van der Waals surface area contributed by atoms with E-state index in [1.165, 1.54) is 29.9 Å². The summed E-state index contributed by atoms with van der Waals surface area (Å²) in [5.74, 6) is -0.352. The Morgan fingerprint density at radius 1 is 1.11 bits per heavy atom. The average molecular weight is 391 g/mol. The molecule has 0 aliphatic heterocycles. The summed E-state index contributed by atoms with van der Waals surface area (Å²) >= 11 is 1.35. The molecule has 1 N–H and O–H groups in total. The monoisotopic (exact) mass is 391 g/mol. The fourth-order valence-electron chi connectivity index (χ4n) is 2.63. The Morgan fingerprint density at radius 3 is 2.46 bits per heavy atom. The third-order valence-electron chi connectivity index (χ3n) is 4.07. The summed E-state index contributed by atoms with van der Waals surface area (Å²) in [7, 11) is 0. The molecule has 2 amide bonds. The molecule has 1 aromatic heterocycles. The van der Waals surface area contributed by atoms with Crippen LogP contribution in [0.5, 0.6) is 0 Å². The van der Waals surface area contributed by atoms with Crippen LogP contribution in [0, 0.1) is 0 Å². The average Bonchev–Trinajstić information content (AvgIpc) is 3.16. The molecular weight excluding hydrogens is 370 g/mol. The molecule has 0 atom stereocenters. The van der Waals surface area contributed by atoms with Crippen molar-refractivity contribution in [1.82, 2.24) is 4.98 Å². The summed E-state index contributed by atoms with van der Waals surface area (Å²) in [5.41, 5.74) is 3.35. The van der Waals surface area contributed by atoms with E-state index in [0.29, 0.717) is 10.8 Å². The number of aromatic nitrogens is 1. The van der Waals surface area contributed by atoms with E-state index in [4.69, 9.17) is 0 Å². The maximum Gasteiger partial charge on any atom is 0.248 e. The van der Waals surface area contributed by atoms with Crippen LogP contribution in [0.3, 0.4) is 0 Å². The van der Waals surface area contributed by atoms with Gasteiger partial charge in [-0.2, -0.15) is 0 Å². The number of carbonyl (C=O) groups is 2. The quantitative estimate of drug-likeness (QED) is 0.599. The van der Waals surface area contributed by atoms with Crippen LogP contribution in [-0.2, 0) is 16.0 Å². The van der Waals surface area contributed by atoms with E-state index in [2.05, 4.69) is 17.2 Å². The fourth-order valence-corrected chi connectivity index (χ4v) is 3.48. The van der Waals surface area contributed by atoms with Crippen LogP contribution in [0.15, 0.2) is 66.1 Å². The Kier molecular flexibility index (Phi) is 6.34. The third kappa shape index (κ3) is 4.92. The summed E-state index contributed by atoms with van der Waals surface area (Å²) in [4.78, 5) is 30.2. The second kappa shape index (κ2) is 9.10. The second-order valence-electron chi connectivity index (χ2n) is 6.12. The van der Waals surface area contributed by atoms with Crippen LogP contribution in [0.25, 0.3) is 6.08 Å². The highest BCUT2D eigenvalue weighted by atomic mass is 32.1. The van der Waals surface area contributed by atoms with E-state index in [1.807, 2.05) is 60.0 Å². The van der Waals surface area contributed by atoms with E-state index < -0.39 is 0 Å². The van der Waals surface area contributed by atoms with Gasteiger partial charge in [0.25, 0.3) is 0 Å². The molecule has 0 aliphatic carbocycles. The molecular formula is C22H21N3O2S. The normalized spacial score (nSPS) is 10.8. The van der Waals surface area contributed by atoms with Crippen LogP contribution in [-0.4, -0.2) is 16.8 Å². The number of benzene rings is 2. The first-order valence-corrected chi connectivity index (χ1v) is 9.84. The van der Waals surface area contributed by atoms with Gasteiger partial charge in [-0.3, -0.25) is 14.5 Å². The van der Waals surface area contributed by atoms with E-state index >= 15 is 0 Å². The lowest BCUT2D eigenvalue weighted by molar-refractivity contribution is -0.116. The van der Waals surface area contributed by atoms with Gasteiger partial charge in [0.15, 0.2) is 5.13 Å². The molecule has 0 bridgehead atoms. The lowest BCUT2D eigenvalue weighted by Gasteiger charge is -2.17. The fraction of sp³-hybridized carbons (Fsp3) is 0.136. The van der Waals surface area contributed by atoms with Crippen LogP contribution in [0.1, 0.15) is 25.1 Å². The minimum atomic E-state index is -0.231. The molecule has 0 aliphatic rings. The topological polar surface area (TPSA) is 62.3 Å². The number of thiazole rings is 1. The zero-order valence-electron chi connectivity index (χ0n) is 15.8. The van der Waals surface area contributed by atoms with Gasteiger partial charge in [-0.25, -0.2) is 4.98 Å². The van der Waals surface area contributed by atoms with Crippen molar-refractivity contribution in [2.45, 2.75) is 20.3 Å². The Bertz CT molecular complexity index is 979. The van der Waals surface area contributed by atoms with Gasteiger partial charge in [0, 0.05) is 24.1 Å². The number of aryl methyl sites for hydroxylation is 1. The molecule has 2 aromatic carbocycles. The highest BCUT2D eigenvalue weighted by molar-refractivity contribution is 7.14. The first-order valence-electron chi connectivity index (χ1n) is 8.96. The van der Waals surface area contributed by atoms with Crippen LogP contribution >= 0.6 is 11.3 Å². The van der Waals surface area contributed by atoms with Gasteiger partial charge in [-0.1, -0.05) is 37.3 Å². The molecule has 1 heterocycles. The Labute approximate surface area is 168 Å². The highest BCUT2D eigenvalue weighted by Gasteiger charge is 2.17. The number of hydrogen-bond acceptors (Lipinski definition) is 4. The number of nitrogens with one attached hydrogen (secondary N) is 1. The summed E-state index contributed by atoms with van der Waals surface area (Å²) in [5, 5.41) is 5.20. The molecule has 3 aromatic rings. The van der Waals surface area contributed by atoms with E-state index in [9.17, 15) is 9.59 Å². The summed E-state index contributed by atoms with van der Waals surface area (Å²) < 4.78 is 0. The van der Waals surface area contributed by atoms with Crippen LogP contribution in [0.4, 0.5) is 16.5 Å². The van der Waals surface area contributed by atoms with E-state index in [1.54, 1.807) is 11.0 Å². The van der Waals surface area contributed by atoms with Gasteiger partial charge in [0.1, 0.15) is 0 Å². The largest absolute Gasteiger partial charge is 0.323 e. The summed E-state index contributed by atoms with van der Waals surface area (Å²) in [6.07, 6.45) is 4.03. The molecule has 0 fully saturated rings. The van der Waals surface area contributed by atoms with Gasteiger partial charge in [0.05, 0.1) is 11.4 Å². The standard InChI is InChI=1S/C22H21N3O2S/c1-3-17-9-11-18(12-10-17)23-21(27)14-13-19-15-28-22(24-19)25(16(2)26)20-7-5-4-6-8-20/h4-15H,3H2,1-2H3,(H,23,27)/b14-13+. The maximum absolute atomic E-state index is 12.1. The molecule has 0 spiro atoms. The van der Waals surface area contributed by atoms with Gasteiger partial charge >= 0.3 is 0 Å². The predicted octanol–water partition coefficient (Wildman–Crippen LogP) is 5.04. The number of anilines is 3. The molecule has 142 valence electrons. The van der Waals surface area contributed by atoms with Crippen molar-refractivity contribution in [1.29, 1.82) is 0 Å². The van der Waals surface area contributed by atoms with E-state index in [-0.39, 0.29) is 11.8 Å². The Balaban J connectivity index is 1.69. The molecule has 5 nitrogen and oxygen atoms in total. The zero-order valence-corrected chi connectivity index (χ0v) is 16.6. The van der Waals surface area contributed by atoms with Crippen molar-refractivity contribution in [2.24, 2.45) is 0 Å². The lowest BCUT2D eigenvalue weighted by atomic mass is 10.1. The second-order valence-corrected chi connectivity index (χ2v) is 6.95. The summed E-state index contributed by atoms with van der Waals surface area (Å²) in [6.45, 7) is 3.59. The maximum atomic E-state index is 12.1.